The summed E-state index contributed by atoms with van der Waals surface area (Å²) in [6, 6.07) is 11.3. The summed E-state index contributed by atoms with van der Waals surface area (Å²) in [6.07, 6.45) is 0. The van der Waals surface area contributed by atoms with Gasteiger partial charge in [-0.25, -0.2) is 9.48 Å². The van der Waals surface area contributed by atoms with Crippen molar-refractivity contribution in [1.82, 2.24) is 14.8 Å². The Kier molecular flexibility index (Phi) is 5.94. The lowest BCUT2D eigenvalue weighted by atomic mass is 10.0. The summed E-state index contributed by atoms with van der Waals surface area (Å²) in [5.74, 6) is 1.00. The molecular weight excluding hydrogens is 428 g/mol. The van der Waals surface area contributed by atoms with E-state index in [1.807, 2.05) is 48.7 Å². The van der Waals surface area contributed by atoms with E-state index < -0.39 is 0 Å². The molecule has 0 saturated heterocycles. The number of ether oxygens (including phenoxy) is 1. The van der Waals surface area contributed by atoms with Crippen molar-refractivity contribution in [3.63, 3.8) is 0 Å². The van der Waals surface area contributed by atoms with Crippen LogP contribution in [-0.4, -0.2) is 27.3 Å². The summed E-state index contributed by atoms with van der Waals surface area (Å²) >= 11 is 9.07. The Morgan fingerprint density at radius 3 is 2.83 bits per heavy atom. The molecule has 4 rings (SSSR count). The highest BCUT2D eigenvalue weighted by Gasteiger charge is 2.35. The van der Waals surface area contributed by atoms with Gasteiger partial charge in [-0.3, -0.25) is 0 Å². The molecule has 0 amide bonds. The van der Waals surface area contributed by atoms with E-state index in [4.69, 9.17) is 21.4 Å². The molecule has 6 nitrogen and oxygen atoms in total. The second kappa shape index (κ2) is 8.61. The molecular formula is C20H19ClN4O2S2. The van der Waals surface area contributed by atoms with Gasteiger partial charge in [-0.1, -0.05) is 41.6 Å². The molecule has 29 heavy (non-hydrogen) atoms. The van der Waals surface area contributed by atoms with Crippen molar-refractivity contribution >= 4 is 46.6 Å². The fourth-order valence-corrected chi connectivity index (χ4v) is 4.83. The van der Waals surface area contributed by atoms with Gasteiger partial charge < -0.3 is 10.1 Å². The molecule has 0 bridgehead atoms. The highest BCUT2D eigenvalue weighted by molar-refractivity contribution is 7.98. The van der Waals surface area contributed by atoms with E-state index in [-0.39, 0.29) is 12.0 Å². The molecule has 0 spiro atoms. The fraction of sp³-hybridized carbons (Fsp3) is 0.250. The standard InChI is InChI=1S/C20H19ClN4O2S2/c1-3-27-18(26)16-12(2)22-19-23-20(29-11-13-6-8-14(21)9-7-13)24-25(19)17(16)15-5-4-10-28-15/h4-10,17H,3,11H2,1-2H3,(H,22,23,24)/t17-/m0/s1. The minimum Gasteiger partial charge on any atom is -0.463 e. The maximum atomic E-state index is 12.7. The summed E-state index contributed by atoms with van der Waals surface area (Å²) in [4.78, 5) is 18.3. The molecule has 1 aromatic carbocycles. The topological polar surface area (TPSA) is 69.0 Å². The lowest BCUT2D eigenvalue weighted by Crippen LogP contribution is -2.29. The monoisotopic (exact) mass is 446 g/mol. The Hall–Kier alpha value is -2.29. The number of carbonyl (C=O) groups is 1. The first kappa shape index (κ1) is 20.0. The average molecular weight is 447 g/mol. The fourth-order valence-electron chi connectivity index (χ4n) is 3.10. The molecule has 0 fully saturated rings. The average Bonchev–Trinajstić information content (AvgIpc) is 3.36. The molecule has 1 N–H and O–H groups in total. The first-order valence-electron chi connectivity index (χ1n) is 9.09. The number of hydrogen-bond donors (Lipinski definition) is 1. The number of esters is 1. The Morgan fingerprint density at radius 2 is 2.14 bits per heavy atom. The largest absolute Gasteiger partial charge is 0.463 e. The van der Waals surface area contributed by atoms with Crippen LogP contribution in [0.2, 0.25) is 5.02 Å². The van der Waals surface area contributed by atoms with Gasteiger partial charge in [0.15, 0.2) is 0 Å². The number of anilines is 1. The van der Waals surface area contributed by atoms with Crippen molar-refractivity contribution in [2.75, 3.05) is 11.9 Å². The Labute approximate surface area is 181 Å². The minimum absolute atomic E-state index is 0.319. The van der Waals surface area contributed by atoms with Gasteiger partial charge in [0, 0.05) is 21.3 Å². The number of rotatable bonds is 6. The summed E-state index contributed by atoms with van der Waals surface area (Å²) in [5, 5.41) is 11.2. The third-order valence-corrected chi connectivity index (χ3v) is 6.51. The van der Waals surface area contributed by atoms with Crippen molar-refractivity contribution < 1.29 is 9.53 Å². The van der Waals surface area contributed by atoms with E-state index in [0.717, 1.165) is 21.9 Å². The van der Waals surface area contributed by atoms with E-state index in [1.165, 1.54) is 11.8 Å². The zero-order valence-corrected chi connectivity index (χ0v) is 18.3. The molecule has 0 saturated carbocycles. The number of halogens is 1. The molecule has 3 heterocycles. The molecule has 2 aromatic heterocycles. The third-order valence-electron chi connectivity index (χ3n) is 4.42. The number of hydrogen-bond acceptors (Lipinski definition) is 7. The summed E-state index contributed by atoms with van der Waals surface area (Å²) < 4.78 is 7.08. The SMILES string of the molecule is CCOC(=O)C1=C(C)Nc2nc(SCc3ccc(Cl)cc3)nn2[C@H]1c1cccs1. The van der Waals surface area contributed by atoms with Gasteiger partial charge >= 0.3 is 5.97 Å². The highest BCUT2D eigenvalue weighted by atomic mass is 35.5. The van der Waals surface area contributed by atoms with Crippen molar-refractivity contribution in [3.05, 3.63) is 68.5 Å². The second-order valence-electron chi connectivity index (χ2n) is 6.38. The number of allylic oxidation sites excluding steroid dienone is 1. The molecule has 150 valence electrons. The molecule has 0 aliphatic carbocycles. The maximum Gasteiger partial charge on any atom is 0.338 e. The zero-order chi connectivity index (χ0) is 20.4. The maximum absolute atomic E-state index is 12.7. The van der Waals surface area contributed by atoms with Crippen LogP contribution in [0.4, 0.5) is 5.95 Å². The lowest BCUT2D eigenvalue weighted by Gasteiger charge is -2.26. The van der Waals surface area contributed by atoms with Crippen LogP contribution in [-0.2, 0) is 15.3 Å². The van der Waals surface area contributed by atoms with Crippen LogP contribution in [0.1, 0.15) is 30.3 Å². The Balaban J connectivity index is 1.64. The normalized spacial score (nSPS) is 15.8. The molecule has 9 heteroatoms. The first-order chi connectivity index (χ1) is 14.1. The first-order valence-corrected chi connectivity index (χ1v) is 11.3. The predicted molar refractivity (Wildman–Crippen MR) is 116 cm³/mol. The van der Waals surface area contributed by atoms with E-state index in [9.17, 15) is 4.79 Å². The van der Waals surface area contributed by atoms with E-state index >= 15 is 0 Å². The van der Waals surface area contributed by atoms with Crippen LogP contribution >= 0.6 is 34.7 Å². The zero-order valence-electron chi connectivity index (χ0n) is 15.9. The second-order valence-corrected chi connectivity index (χ2v) is 8.74. The number of thioether (sulfide) groups is 1. The van der Waals surface area contributed by atoms with Gasteiger partial charge in [0.05, 0.1) is 12.2 Å². The molecule has 1 atom stereocenters. The van der Waals surface area contributed by atoms with Gasteiger partial charge in [0.25, 0.3) is 0 Å². The van der Waals surface area contributed by atoms with Crippen LogP contribution in [0.3, 0.4) is 0 Å². The smallest absolute Gasteiger partial charge is 0.338 e. The number of aromatic nitrogens is 3. The van der Waals surface area contributed by atoms with E-state index in [0.29, 0.717) is 28.3 Å². The Morgan fingerprint density at radius 1 is 1.34 bits per heavy atom. The minimum atomic E-state index is -0.359. The van der Waals surface area contributed by atoms with Gasteiger partial charge in [-0.15, -0.1) is 16.4 Å². The Bertz CT molecular complexity index is 1050. The number of thiophene rings is 1. The van der Waals surface area contributed by atoms with Crippen LogP contribution in [0.25, 0.3) is 0 Å². The number of nitrogens with zero attached hydrogens (tertiary/aromatic N) is 3. The predicted octanol–water partition coefficient (Wildman–Crippen LogP) is 5.14. The van der Waals surface area contributed by atoms with Crippen LogP contribution < -0.4 is 5.32 Å². The summed E-state index contributed by atoms with van der Waals surface area (Å²) in [7, 11) is 0. The number of fused-ring (bicyclic) bond motifs is 1. The molecule has 0 unspecified atom stereocenters. The third kappa shape index (κ3) is 4.19. The van der Waals surface area contributed by atoms with Gasteiger partial charge in [-0.05, 0) is 43.0 Å². The van der Waals surface area contributed by atoms with Crippen molar-refractivity contribution in [2.45, 2.75) is 30.8 Å². The van der Waals surface area contributed by atoms with Gasteiger partial charge in [0.2, 0.25) is 11.1 Å². The molecule has 0 radical (unpaired) electrons. The van der Waals surface area contributed by atoms with Crippen LogP contribution in [0.5, 0.6) is 0 Å². The van der Waals surface area contributed by atoms with E-state index in [2.05, 4.69) is 10.3 Å². The van der Waals surface area contributed by atoms with Crippen LogP contribution in [0.15, 0.2) is 58.2 Å². The number of benzene rings is 1. The number of carbonyl (C=O) groups excluding carboxylic acids is 1. The molecule has 1 aliphatic heterocycles. The molecule has 1 aliphatic rings. The summed E-state index contributed by atoms with van der Waals surface area (Å²) in [5.41, 5.74) is 2.42. The van der Waals surface area contributed by atoms with Crippen molar-refractivity contribution in [3.8, 4) is 0 Å². The molecule has 3 aromatic rings. The number of nitrogens with one attached hydrogen (secondary N) is 1. The van der Waals surface area contributed by atoms with Gasteiger partial charge in [-0.2, -0.15) is 4.98 Å². The van der Waals surface area contributed by atoms with Crippen molar-refractivity contribution in [2.24, 2.45) is 0 Å². The lowest BCUT2D eigenvalue weighted by molar-refractivity contribution is -0.139. The summed E-state index contributed by atoms with van der Waals surface area (Å²) in [6.45, 7) is 3.99. The van der Waals surface area contributed by atoms with Gasteiger partial charge in [0.1, 0.15) is 6.04 Å². The highest BCUT2D eigenvalue weighted by Crippen LogP contribution is 2.38. The van der Waals surface area contributed by atoms with Crippen LogP contribution in [0, 0.1) is 0 Å². The quantitative estimate of drug-likeness (QED) is 0.417. The van der Waals surface area contributed by atoms with E-state index in [1.54, 1.807) is 22.9 Å². The van der Waals surface area contributed by atoms with Crippen molar-refractivity contribution in [1.29, 1.82) is 0 Å².